The highest BCUT2D eigenvalue weighted by Gasteiger charge is 2.33. The maximum atomic E-state index is 5.56. The lowest BCUT2D eigenvalue weighted by molar-refractivity contribution is 1.02. The summed E-state index contributed by atoms with van der Waals surface area (Å²) >= 11 is 0. The number of nitrogens with zero attached hydrogens (tertiary/aromatic N) is 4. The highest BCUT2D eigenvalue weighted by Crippen LogP contribution is 2.43. The predicted molar refractivity (Wildman–Crippen MR) is 177 cm³/mol. The molecule has 0 unspecified atom stereocenters. The molecule has 5 rings (SSSR count). The van der Waals surface area contributed by atoms with Crippen LogP contribution in [0.25, 0.3) is 0 Å². The fraction of sp³-hybridized carbons (Fsp3) is 0.459. The molecule has 0 aliphatic carbocycles. The number of rotatable bonds is 8. The third kappa shape index (κ3) is 4.60. The van der Waals surface area contributed by atoms with Gasteiger partial charge in [0, 0.05) is 16.7 Å². The van der Waals surface area contributed by atoms with Gasteiger partial charge >= 0.3 is 0 Å². The van der Waals surface area contributed by atoms with E-state index in [-0.39, 0.29) is 0 Å². The van der Waals surface area contributed by atoms with E-state index < -0.39 is 0 Å². The molecule has 0 N–H and O–H groups in total. The Kier molecular flexibility index (Phi) is 8.40. The lowest BCUT2D eigenvalue weighted by Crippen LogP contribution is -2.07. The van der Waals surface area contributed by atoms with E-state index >= 15 is 0 Å². The lowest BCUT2D eigenvalue weighted by Gasteiger charge is -2.14. The third-order valence-electron chi connectivity index (χ3n) is 9.17. The molecule has 0 radical (unpaired) electrons. The lowest BCUT2D eigenvalue weighted by atomic mass is 9.88. The van der Waals surface area contributed by atoms with Crippen LogP contribution in [0.3, 0.4) is 0 Å². The molecule has 5 aliphatic heterocycles. The number of fused-ring (bicyclic) bond motifs is 4. The van der Waals surface area contributed by atoms with Gasteiger partial charge in [0.05, 0.1) is 45.6 Å². The van der Waals surface area contributed by atoms with Crippen LogP contribution in [0.1, 0.15) is 114 Å². The van der Waals surface area contributed by atoms with Crippen molar-refractivity contribution in [3.05, 3.63) is 91.2 Å². The van der Waals surface area contributed by atoms with Gasteiger partial charge in [-0.05, 0) is 110 Å². The molecule has 0 amide bonds. The zero-order valence-electron chi connectivity index (χ0n) is 26.7. The van der Waals surface area contributed by atoms with Crippen LogP contribution in [0.4, 0.5) is 0 Å². The van der Waals surface area contributed by atoms with E-state index in [9.17, 15) is 0 Å². The first-order chi connectivity index (χ1) is 19.9. The Morgan fingerprint density at radius 1 is 0.415 bits per heavy atom. The van der Waals surface area contributed by atoms with E-state index in [0.29, 0.717) is 0 Å². The fourth-order valence-electron chi connectivity index (χ4n) is 7.17. The minimum atomic E-state index is 0.895. The Morgan fingerprint density at radius 3 is 1.37 bits per heavy atom. The van der Waals surface area contributed by atoms with E-state index in [1.165, 1.54) is 44.6 Å². The summed E-state index contributed by atoms with van der Waals surface area (Å²) < 4.78 is 0. The molecule has 5 heterocycles. The molecule has 0 aromatic heterocycles. The standard InChI is InChI=1S/C37H46N4/c1-10-23-24(11-2)34-29(16-7)36-27(14-5)28(15-6)37(41-36)30(17-8)35-26(13-4)25(12-3)33(40-35)21(9)31-19-18-22(38-31)20-32(23)39-34/h18-20H,10-17H2,1-9H3. The Morgan fingerprint density at radius 2 is 0.854 bits per heavy atom. The van der Waals surface area contributed by atoms with Gasteiger partial charge in [-0.2, -0.15) is 0 Å². The van der Waals surface area contributed by atoms with Crippen molar-refractivity contribution < 1.29 is 0 Å². The van der Waals surface area contributed by atoms with Gasteiger partial charge in [-0.3, -0.25) is 0 Å². The van der Waals surface area contributed by atoms with Crippen LogP contribution in [0.15, 0.2) is 111 Å². The normalized spacial score (nSPS) is 20.7. The summed E-state index contributed by atoms with van der Waals surface area (Å²) in [6, 6.07) is 0. The van der Waals surface area contributed by atoms with Crippen molar-refractivity contribution in [1.82, 2.24) is 0 Å². The van der Waals surface area contributed by atoms with Crippen LogP contribution in [-0.4, -0.2) is 22.8 Å². The molecular weight excluding hydrogens is 500 g/mol. The third-order valence-corrected chi connectivity index (χ3v) is 9.17. The van der Waals surface area contributed by atoms with Gasteiger partial charge in [0.2, 0.25) is 0 Å². The van der Waals surface area contributed by atoms with Gasteiger partial charge in [-0.1, -0.05) is 55.4 Å². The van der Waals surface area contributed by atoms with Crippen molar-refractivity contribution in [1.29, 1.82) is 0 Å². The van der Waals surface area contributed by atoms with Crippen molar-refractivity contribution in [3.8, 4) is 0 Å². The quantitative estimate of drug-likeness (QED) is 0.291. The first-order valence-electron chi connectivity index (χ1n) is 16.0. The average molecular weight is 547 g/mol. The van der Waals surface area contributed by atoms with Crippen molar-refractivity contribution in [2.24, 2.45) is 20.0 Å². The molecule has 41 heavy (non-hydrogen) atoms. The summed E-state index contributed by atoms with van der Waals surface area (Å²) in [5.74, 6) is 0. The summed E-state index contributed by atoms with van der Waals surface area (Å²) in [6.07, 6.45) is 14.0. The first-order valence-corrected chi connectivity index (χ1v) is 16.0. The summed E-state index contributed by atoms with van der Waals surface area (Å²) in [6.45, 7) is 20.3. The Bertz CT molecular complexity index is 1580. The molecule has 4 heteroatoms. The Labute approximate surface area is 247 Å². The minimum Gasteiger partial charge on any atom is -0.249 e. The topological polar surface area (TPSA) is 49.4 Å². The van der Waals surface area contributed by atoms with Gasteiger partial charge in [0.1, 0.15) is 0 Å². The number of hydrogen-bond acceptors (Lipinski definition) is 4. The fourth-order valence-corrected chi connectivity index (χ4v) is 7.17. The number of hydrogen-bond donors (Lipinski definition) is 0. The molecule has 0 atom stereocenters. The van der Waals surface area contributed by atoms with Crippen LogP contribution in [0.2, 0.25) is 0 Å². The average Bonchev–Trinajstić information content (AvgIpc) is 3.76. The van der Waals surface area contributed by atoms with Crippen molar-refractivity contribution >= 4 is 22.8 Å². The van der Waals surface area contributed by atoms with E-state index in [0.717, 1.165) is 103 Å². The van der Waals surface area contributed by atoms with E-state index in [1.807, 2.05) is 0 Å². The van der Waals surface area contributed by atoms with Gasteiger partial charge in [-0.15, -0.1) is 0 Å². The maximum absolute atomic E-state index is 5.56. The molecule has 0 fully saturated rings. The largest absolute Gasteiger partial charge is 0.249 e. The Balaban J connectivity index is 1.94. The smallest absolute Gasteiger partial charge is 0.0726 e. The zero-order valence-corrected chi connectivity index (χ0v) is 26.7. The maximum Gasteiger partial charge on any atom is 0.0726 e. The number of allylic oxidation sites excluding steroid dienone is 12. The van der Waals surface area contributed by atoms with E-state index in [1.54, 1.807) is 0 Å². The second kappa shape index (κ2) is 11.8. The summed E-state index contributed by atoms with van der Waals surface area (Å²) in [5.41, 5.74) is 20.6. The van der Waals surface area contributed by atoms with E-state index in [2.05, 4.69) is 80.5 Å². The molecule has 0 saturated heterocycles. The van der Waals surface area contributed by atoms with Crippen LogP contribution in [0.5, 0.6) is 0 Å². The monoisotopic (exact) mass is 546 g/mol. The van der Waals surface area contributed by atoms with Crippen molar-refractivity contribution in [3.63, 3.8) is 0 Å². The molecule has 5 aliphatic rings. The second-order valence-electron chi connectivity index (χ2n) is 11.1. The molecule has 4 nitrogen and oxygen atoms in total. The molecule has 8 bridgehead atoms. The summed E-state index contributed by atoms with van der Waals surface area (Å²) in [4.78, 5) is 21.5. The highest BCUT2D eigenvalue weighted by molar-refractivity contribution is 6.22. The summed E-state index contributed by atoms with van der Waals surface area (Å²) in [7, 11) is 0. The van der Waals surface area contributed by atoms with Crippen LogP contribution < -0.4 is 0 Å². The molecular formula is C37H46N4. The molecule has 0 spiro atoms. The van der Waals surface area contributed by atoms with E-state index in [4.69, 9.17) is 20.0 Å². The van der Waals surface area contributed by atoms with Gasteiger partial charge in [0.15, 0.2) is 0 Å². The van der Waals surface area contributed by atoms with Crippen LogP contribution in [-0.2, 0) is 0 Å². The van der Waals surface area contributed by atoms with Crippen molar-refractivity contribution in [2.75, 3.05) is 0 Å². The highest BCUT2D eigenvalue weighted by atomic mass is 14.9. The number of aliphatic imine (C=N–C) groups is 4. The molecule has 214 valence electrons. The van der Waals surface area contributed by atoms with Gasteiger partial charge < -0.3 is 0 Å². The molecule has 0 saturated carbocycles. The molecule has 0 aromatic carbocycles. The molecule has 0 aromatic rings. The SMILES string of the molecule is CCC1=C(CC)C2=C(CC)C3=NC(=C(CC)C4=NC(=C(C)C5=NC(=CC1=N2)C=C5)C(CC)=C4CC)C(CC)=C3CC. The van der Waals surface area contributed by atoms with Gasteiger partial charge in [-0.25, -0.2) is 20.0 Å². The predicted octanol–water partition coefficient (Wildman–Crippen LogP) is 10.2. The van der Waals surface area contributed by atoms with Gasteiger partial charge in [0.25, 0.3) is 0 Å². The minimum absolute atomic E-state index is 0.895. The Hall–Kier alpha value is -3.40. The first kappa shape index (κ1) is 29.1. The van der Waals surface area contributed by atoms with Crippen LogP contribution in [0, 0.1) is 0 Å². The summed E-state index contributed by atoms with van der Waals surface area (Å²) in [5, 5.41) is 0. The second-order valence-corrected chi connectivity index (χ2v) is 11.1. The zero-order chi connectivity index (χ0) is 29.4. The van der Waals surface area contributed by atoms with Crippen molar-refractivity contribution in [2.45, 2.75) is 114 Å². The van der Waals surface area contributed by atoms with Crippen LogP contribution >= 0.6 is 0 Å².